The Morgan fingerprint density at radius 1 is 1.09 bits per heavy atom. The maximum atomic E-state index is 4.80. The van der Waals surface area contributed by atoms with Crippen LogP contribution in [-0.2, 0) is 15.8 Å². The fourth-order valence-corrected chi connectivity index (χ4v) is 1.43. The van der Waals surface area contributed by atoms with Crippen LogP contribution in [0.2, 0.25) is 0 Å². The molecule has 0 radical (unpaired) electrons. The van der Waals surface area contributed by atoms with Gasteiger partial charge in [0.25, 0.3) is 0 Å². The molecule has 0 atom stereocenters. The van der Waals surface area contributed by atoms with Gasteiger partial charge in [0.2, 0.25) is 0 Å². The molecule has 0 aliphatic carbocycles. The van der Waals surface area contributed by atoms with E-state index in [4.69, 9.17) is 3.83 Å². The highest BCUT2D eigenvalue weighted by Gasteiger charge is 1.92. The zero-order valence-corrected chi connectivity index (χ0v) is 9.06. The first kappa shape index (κ1) is 9.23. The molecule has 1 aromatic rings. The van der Waals surface area contributed by atoms with Crippen molar-refractivity contribution in [2.45, 2.75) is 11.9 Å². The Morgan fingerprint density at radius 3 is 2.09 bits per heavy atom. The van der Waals surface area contributed by atoms with Gasteiger partial charge in [0, 0.05) is 5.33 Å². The van der Waals surface area contributed by atoms with Crippen LogP contribution in [0.5, 0.6) is 0 Å². The van der Waals surface area contributed by atoms with Crippen molar-refractivity contribution in [2.75, 3.05) is 0 Å². The van der Waals surface area contributed by atoms with Crippen LogP contribution in [0, 0.1) is 0 Å². The Morgan fingerprint density at radius 2 is 1.64 bits per heavy atom. The third-order valence-electron chi connectivity index (χ3n) is 1.40. The van der Waals surface area contributed by atoms with Crippen molar-refractivity contribution in [3.8, 4) is 0 Å². The molecule has 11 heavy (non-hydrogen) atoms. The van der Waals surface area contributed by atoms with E-state index in [0.29, 0.717) is 6.61 Å². The van der Waals surface area contributed by atoms with E-state index in [9.17, 15) is 0 Å². The highest BCUT2D eigenvalue weighted by atomic mass is 79.9. The van der Waals surface area contributed by atoms with Crippen LogP contribution in [0.3, 0.4) is 0 Å². The van der Waals surface area contributed by atoms with Crippen LogP contribution in [0.25, 0.3) is 0 Å². The maximum Gasteiger partial charge on any atom is 0.0991 e. The SMILES string of the molecule is BrCc1ccc(COBr)cc1. The lowest BCUT2D eigenvalue weighted by molar-refractivity contribution is 0.387. The topological polar surface area (TPSA) is 9.23 Å². The van der Waals surface area contributed by atoms with E-state index in [0.717, 1.165) is 5.33 Å². The lowest BCUT2D eigenvalue weighted by atomic mass is 10.2. The Bertz CT molecular complexity index is 208. The van der Waals surface area contributed by atoms with Gasteiger partial charge in [-0.1, -0.05) is 40.2 Å². The summed E-state index contributed by atoms with van der Waals surface area (Å²) in [5, 5.41) is 0.905. The summed E-state index contributed by atoms with van der Waals surface area (Å²) < 4.78 is 4.80. The van der Waals surface area contributed by atoms with Gasteiger partial charge < -0.3 is 3.83 Å². The van der Waals surface area contributed by atoms with Gasteiger partial charge >= 0.3 is 0 Å². The molecule has 0 fully saturated rings. The molecule has 1 aromatic carbocycles. The third-order valence-corrected chi connectivity index (χ3v) is 2.27. The van der Waals surface area contributed by atoms with Crippen LogP contribution in [-0.4, -0.2) is 0 Å². The molecule has 1 rings (SSSR count). The molecule has 0 aliphatic heterocycles. The van der Waals surface area contributed by atoms with Gasteiger partial charge in [0.05, 0.1) is 22.9 Å². The van der Waals surface area contributed by atoms with Crippen LogP contribution >= 0.6 is 32.2 Å². The highest BCUT2D eigenvalue weighted by Crippen LogP contribution is 2.09. The average Bonchev–Trinajstić information content (AvgIpc) is 2.07. The van der Waals surface area contributed by atoms with Gasteiger partial charge in [0.1, 0.15) is 0 Å². The molecule has 0 aromatic heterocycles. The summed E-state index contributed by atoms with van der Waals surface area (Å²) in [7, 11) is 0. The molecule has 0 heterocycles. The monoisotopic (exact) mass is 278 g/mol. The second-order valence-electron chi connectivity index (χ2n) is 2.20. The summed E-state index contributed by atoms with van der Waals surface area (Å²) in [6.07, 6.45) is 0. The van der Waals surface area contributed by atoms with Gasteiger partial charge in [0.15, 0.2) is 0 Å². The van der Waals surface area contributed by atoms with Gasteiger partial charge in [-0.15, -0.1) is 0 Å². The van der Waals surface area contributed by atoms with E-state index in [-0.39, 0.29) is 0 Å². The van der Waals surface area contributed by atoms with Crippen molar-refractivity contribution in [1.82, 2.24) is 0 Å². The number of halogens is 2. The molecule has 0 N–H and O–H groups in total. The van der Waals surface area contributed by atoms with E-state index in [1.165, 1.54) is 11.1 Å². The zero-order chi connectivity index (χ0) is 8.10. The van der Waals surface area contributed by atoms with Crippen molar-refractivity contribution in [1.29, 1.82) is 0 Å². The van der Waals surface area contributed by atoms with E-state index in [1.54, 1.807) is 0 Å². The van der Waals surface area contributed by atoms with Crippen molar-refractivity contribution in [2.24, 2.45) is 0 Å². The lowest BCUT2D eigenvalue weighted by Crippen LogP contribution is -1.84. The molecule has 0 unspecified atom stereocenters. The number of alkyl halides is 1. The maximum absolute atomic E-state index is 4.80. The minimum absolute atomic E-state index is 0.614. The number of rotatable bonds is 3. The number of hydrogen-bond donors (Lipinski definition) is 0. The predicted octanol–water partition coefficient (Wildman–Crippen LogP) is 3.41. The van der Waals surface area contributed by atoms with Crippen LogP contribution in [0.4, 0.5) is 0 Å². The minimum Gasteiger partial charge on any atom is -0.303 e. The molecule has 0 amide bonds. The Balaban J connectivity index is 2.66. The summed E-state index contributed by atoms with van der Waals surface area (Å²) in [5.74, 6) is 0. The highest BCUT2D eigenvalue weighted by molar-refractivity contribution is 9.08. The second-order valence-corrected chi connectivity index (χ2v) is 3.22. The number of hydrogen-bond acceptors (Lipinski definition) is 1. The van der Waals surface area contributed by atoms with E-state index in [2.05, 4.69) is 56.5 Å². The van der Waals surface area contributed by atoms with Crippen LogP contribution in [0.1, 0.15) is 11.1 Å². The molecule has 0 saturated heterocycles. The summed E-state index contributed by atoms with van der Waals surface area (Å²) in [5.41, 5.74) is 2.45. The molecular weight excluding hydrogens is 272 g/mol. The molecule has 60 valence electrons. The van der Waals surface area contributed by atoms with E-state index >= 15 is 0 Å². The lowest BCUT2D eigenvalue weighted by Gasteiger charge is -1.98. The van der Waals surface area contributed by atoms with Crippen molar-refractivity contribution < 1.29 is 3.83 Å². The fraction of sp³-hybridized carbons (Fsp3) is 0.250. The number of benzene rings is 1. The molecule has 1 nitrogen and oxygen atoms in total. The summed E-state index contributed by atoms with van der Waals surface area (Å²) >= 11 is 6.29. The third kappa shape index (κ3) is 2.93. The summed E-state index contributed by atoms with van der Waals surface area (Å²) in [4.78, 5) is 0. The Labute approximate surface area is 83.3 Å². The molecule has 0 spiro atoms. The predicted molar refractivity (Wildman–Crippen MR) is 52.8 cm³/mol. The molecule has 3 heteroatoms. The van der Waals surface area contributed by atoms with Gasteiger partial charge in [-0.25, -0.2) is 0 Å². The molecule has 0 bridgehead atoms. The van der Waals surface area contributed by atoms with Gasteiger partial charge in [-0.2, -0.15) is 0 Å². The van der Waals surface area contributed by atoms with Crippen LogP contribution in [0.15, 0.2) is 24.3 Å². The smallest absolute Gasteiger partial charge is 0.0991 e. The summed E-state index contributed by atoms with van der Waals surface area (Å²) in [6.45, 7) is 0.614. The first-order valence-electron chi connectivity index (χ1n) is 3.24. The van der Waals surface area contributed by atoms with Crippen LogP contribution < -0.4 is 0 Å². The Hall–Kier alpha value is 0.140. The van der Waals surface area contributed by atoms with Gasteiger partial charge in [-0.3, -0.25) is 0 Å². The molecular formula is C8H8Br2O. The van der Waals surface area contributed by atoms with E-state index in [1.807, 2.05) is 0 Å². The van der Waals surface area contributed by atoms with Gasteiger partial charge in [-0.05, 0) is 11.1 Å². The Kier molecular flexibility index (Phi) is 4.12. The largest absolute Gasteiger partial charge is 0.303 e. The molecule has 0 saturated carbocycles. The average molecular weight is 280 g/mol. The minimum atomic E-state index is 0.614. The fourth-order valence-electron chi connectivity index (χ4n) is 0.788. The van der Waals surface area contributed by atoms with Crippen molar-refractivity contribution in [3.05, 3.63) is 35.4 Å². The first-order chi connectivity index (χ1) is 5.36. The van der Waals surface area contributed by atoms with E-state index < -0.39 is 0 Å². The standard InChI is InChI=1S/C8H8Br2O/c9-5-7-1-3-8(4-2-7)6-11-10/h1-4H,5-6H2. The summed E-state index contributed by atoms with van der Waals surface area (Å²) in [6, 6.07) is 8.27. The zero-order valence-electron chi connectivity index (χ0n) is 5.89. The van der Waals surface area contributed by atoms with Crippen molar-refractivity contribution in [3.63, 3.8) is 0 Å². The normalized spacial score (nSPS) is 10.0. The molecule has 0 aliphatic rings. The van der Waals surface area contributed by atoms with Crippen molar-refractivity contribution >= 4 is 32.2 Å². The second kappa shape index (κ2) is 4.91. The quantitative estimate of drug-likeness (QED) is 0.771. The first-order valence-corrected chi connectivity index (χ1v) is 5.01.